The van der Waals surface area contributed by atoms with Crippen LogP contribution in [0, 0.1) is 0 Å². The maximum atomic E-state index is 5.38. The molecule has 1 atom stereocenters. The van der Waals surface area contributed by atoms with E-state index >= 15 is 0 Å². The molecule has 1 fully saturated rings. The predicted molar refractivity (Wildman–Crippen MR) is 92.7 cm³/mol. The van der Waals surface area contributed by atoms with Crippen LogP contribution in [0.25, 0.3) is 0 Å². The summed E-state index contributed by atoms with van der Waals surface area (Å²) in [4.78, 5) is 1.58. The van der Waals surface area contributed by atoms with Gasteiger partial charge in [0, 0.05) is 5.69 Å². The first-order valence-electron chi connectivity index (χ1n) is 7.82. The Morgan fingerprint density at radius 2 is 1.90 bits per heavy atom. The number of hydrogen-bond acceptors (Lipinski definition) is 2. The van der Waals surface area contributed by atoms with E-state index in [0.717, 1.165) is 38.3 Å². The molecule has 1 saturated heterocycles. The quantitative estimate of drug-likeness (QED) is 0.731. The minimum Gasteiger partial charge on any atom is -0.335 e. The van der Waals surface area contributed by atoms with Gasteiger partial charge in [0.1, 0.15) is 0 Å². The molecule has 0 unspecified atom stereocenters. The Morgan fingerprint density at radius 1 is 1.29 bits per heavy atom. The number of hydrogen-bond donors (Lipinski definition) is 3. The van der Waals surface area contributed by atoms with Crippen molar-refractivity contribution in [1.82, 2.24) is 10.4 Å². The summed E-state index contributed by atoms with van der Waals surface area (Å²) in [5.41, 5.74) is 5.70. The molecule has 0 radical (unpaired) electrons. The zero-order chi connectivity index (χ0) is 15.2. The lowest BCUT2D eigenvalue weighted by Crippen LogP contribution is -3.12. The normalized spacial score (nSPS) is 18.2. The second-order valence-electron chi connectivity index (χ2n) is 5.94. The van der Waals surface area contributed by atoms with Gasteiger partial charge in [0.05, 0.1) is 33.2 Å². The fourth-order valence-corrected chi connectivity index (χ4v) is 2.68. The Morgan fingerprint density at radius 3 is 2.48 bits per heavy atom. The van der Waals surface area contributed by atoms with E-state index in [9.17, 15) is 0 Å². The van der Waals surface area contributed by atoms with Gasteiger partial charge in [-0.2, -0.15) is 0 Å². The van der Waals surface area contributed by atoms with Crippen LogP contribution >= 0.6 is 12.2 Å². The summed E-state index contributed by atoms with van der Waals surface area (Å²) >= 11 is 5.38. The molecule has 2 rings (SSSR count). The molecule has 0 saturated carbocycles. The van der Waals surface area contributed by atoms with Crippen LogP contribution in [0.4, 0.5) is 5.69 Å². The van der Waals surface area contributed by atoms with Crippen molar-refractivity contribution in [3.63, 3.8) is 0 Å². The first-order valence-corrected chi connectivity index (χ1v) is 8.23. The van der Waals surface area contributed by atoms with Crippen LogP contribution in [0.15, 0.2) is 24.3 Å². The van der Waals surface area contributed by atoms with Gasteiger partial charge in [-0.05, 0) is 42.3 Å². The SMILES string of the molecule is CC[C@H](C)c1ccc(NC(=S)NN2CC[NH+](C)CC2)cc1. The molecule has 0 spiro atoms. The van der Waals surface area contributed by atoms with E-state index in [1.54, 1.807) is 4.90 Å². The summed E-state index contributed by atoms with van der Waals surface area (Å²) in [5.74, 6) is 0.608. The van der Waals surface area contributed by atoms with E-state index in [2.05, 4.69) is 60.9 Å². The lowest BCUT2D eigenvalue weighted by molar-refractivity contribution is -0.884. The van der Waals surface area contributed by atoms with E-state index < -0.39 is 0 Å². The van der Waals surface area contributed by atoms with Crippen LogP contribution < -0.4 is 15.6 Å². The maximum absolute atomic E-state index is 5.38. The Hall–Kier alpha value is -1.17. The van der Waals surface area contributed by atoms with Crippen molar-refractivity contribution in [2.45, 2.75) is 26.2 Å². The maximum Gasteiger partial charge on any atom is 0.185 e. The van der Waals surface area contributed by atoms with Gasteiger partial charge in [-0.15, -0.1) is 0 Å². The number of likely N-dealkylation sites (N-methyl/N-ethyl adjacent to an activating group) is 1. The van der Waals surface area contributed by atoms with Crippen LogP contribution in [0.2, 0.25) is 0 Å². The first kappa shape index (κ1) is 16.2. The Balaban J connectivity index is 1.82. The molecule has 0 aromatic heterocycles. The average Bonchev–Trinajstić information content (AvgIpc) is 2.49. The number of benzene rings is 1. The standard InChI is InChI=1S/C16H26N4S/c1-4-13(2)14-5-7-15(8-6-14)17-16(21)18-20-11-9-19(3)10-12-20/h5-8,13H,4,9-12H2,1-3H3,(H2,17,18,21)/p+1/t13-/m0/s1. The zero-order valence-corrected chi connectivity index (χ0v) is 14.1. The summed E-state index contributed by atoms with van der Waals surface area (Å²) in [6, 6.07) is 8.56. The van der Waals surface area contributed by atoms with Crippen molar-refractivity contribution in [2.75, 3.05) is 38.5 Å². The van der Waals surface area contributed by atoms with Crippen molar-refractivity contribution in [2.24, 2.45) is 0 Å². The van der Waals surface area contributed by atoms with E-state index in [0.29, 0.717) is 11.0 Å². The topological polar surface area (TPSA) is 31.7 Å². The Labute approximate surface area is 133 Å². The highest BCUT2D eigenvalue weighted by Gasteiger charge is 2.16. The van der Waals surface area contributed by atoms with Gasteiger partial charge >= 0.3 is 0 Å². The second kappa shape index (κ2) is 7.73. The van der Waals surface area contributed by atoms with Gasteiger partial charge in [0.15, 0.2) is 5.11 Å². The largest absolute Gasteiger partial charge is 0.335 e. The highest BCUT2D eigenvalue weighted by molar-refractivity contribution is 7.80. The molecular formula is C16H27N4S+. The van der Waals surface area contributed by atoms with E-state index in [-0.39, 0.29) is 0 Å². The second-order valence-corrected chi connectivity index (χ2v) is 6.35. The molecule has 21 heavy (non-hydrogen) atoms. The molecule has 0 bridgehead atoms. The summed E-state index contributed by atoms with van der Waals surface area (Å²) in [5, 5.41) is 6.12. The Kier molecular flexibility index (Phi) is 5.96. The monoisotopic (exact) mass is 307 g/mol. The molecule has 116 valence electrons. The fourth-order valence-electron chi connectivity index (χ4n) is 2.43. The number of anilines is 1. The summed E-state index contributed by atoms with van der Waals surface area (Å²) < 4.78 is 0. The molecule has 1 aliphatic rings. The van der Waals surface area contributed by atoms with Crippen molar-refractivity contribution in [3.8, 4) is 0 Å². The zero-order valence-electron chi connectivity index (χ0n) is 13.3. The third-order valence-corrected chi connectivity index (χ3v) is 4.42. The van der Waals surface area contributed by atoms with Crippen molar-refractivity contribution < 1.29 is 4.90 Å². The number of rotatable bonds is 4. The van der Waals surface area contributed by atoms with E-state index in [1.807, 2.05) is 0 Å². The lowest BCUT2D eigenvalue weighted by atomic mass is 9.99. The number of nitrogens with one attached hydrogen (secondary N) is 3. The van der Waals surface area contributed by atoms with Crippen LogP contribution in [0.5, 0.6) is 0 Å². The molecule has 3 N–H and O–H groups in total. The Bertz CT molecular complexity index is 452. The number of quaternary nitrogens is 1. The van der Waals surface area contributed by atoms with Crippen LogP contribution in [0.1, 0.15) is 31.7 Å². The van der Waals surface area contributed by atoms with Gasteiger partial charge < -0.3 is 10.2 Å². The van der Waals surface area contributed by atoms with E-state index in [1.165, 1.54) is 5.56 Å². The van der Waals surface area contributed by atoms with Crippen LogP contribution in [-0.2, 0) is 0 Å². The number of hydrazine groups is 1. The van der Waals surface area contributed by atoms with Gasteiger partial charge in [0.25, 0.3) is 0 Å². The summed E-state index contributed by atoms with van der Waals surface area (Å²) in [6.45, 7) is 8.83. The third kappa shape index (κ3) is 4.95. The molecule has 0 aliphatic carbocycles. The van der Waals surface area contributed by atoms with Crippen molar-refractivity contribution in [1.29, 1.82) is 0 Å². The lowest BCUT2D eigenvalue weighted by Gasteiger charge is -2.31. The van der Waals surface area contributed by atoms with Gasteiger partial charge in [-0.1, -0.05) is 26.0 Å². The smallest absolute Gasteiger partial charge is 0.185 e. The molecule has 4 nitrogen and oxygen atoms in total. The summed E-state index contributed by atoms with van der Waals surface area (Å²) in [6.07, 6.45) is 1.16. The average molecular weight is 307 g/mol. The number of thiocarbonyl (C=S) groups is 1. The fraction of sp³-hybridized carbons (Fsp3) is 0.562. The molecule has 1 aliphatic heterocycles. The summed E-state index contributed by atoms with van der Waals surface area (Å²) in [7, 11) is 2.23. The highest BCUT2D eigenvalue weighted by Crippen LogP contribution is 2.20. The minimum absolute atomic E-state index is 0.608. The van der Waals surface area contributed by atoms with Gasteiger partial charge in [-0.25, -0.2) is 5.01 Å². The molecule has 1 heterocycles. The van der Waals surface area contributed by atoms with Crippen LogP contribution in [0.3, 0.4) is 0 Å². The molecule has 0 amide bonds. The van der Waals surface area contributed by atoms with Crippen molar-refractivity contribution >= 4 is 23.0 Å². The predicted octanol–water partition coefficient (Wildman–Crippen LogP) is 1.23. The molecular weight excluding hydrogens is 280 g/mol. The minimum atomic E-state index is 0.608. The first-order chi connectivity index (χ1) is 10.1. The third-order valence-electron chi connectivity index (χ3n) is 4.23. The number of piperazine rings is 1. The van der Waals surface area contributed by atoms with Gasteiger partial charge in [-0.3, -0.25) is 5.43 Å². The van der Waals surface area contributed by atoms with E-state index in [4.69, 9.17) is 12.2 Å². The highest BCUT2D eigenvalue weighted by atomic mass is 32.1. The van der Waals surface area contributed by atoms with Crippen molar-refractivity contribution in [3.05, 3.63) is 29.8 Å². The molecule has 1 aromatic rings. The van der Waals surface area contributed by atoms with Crippen LogP contribution in [-0.4, -0.2) is 43.3 Å². The number of nitrogens with zero attached hydrogens (tertiary/aromatic N) is 1. The molecule has 5 heteroatoms. The molecule has 1 aromatic carbocycles. The van der Waals surface area contributed by atoms with Gasteiger partial charge in [0.2, 0.25) is 0 Å².